The summed E-state index contributed by atoms with van der Waals surface area (Å²) in [6.07, 6.45) is 2.73. The van der Waals surface area contributed by atoms with Gasteiger partial charge in [0.05, 0.1) is 40.7 Å². The number of carbonyl (C=O) groups is 2. The van der Waals surface area contributed by atoms with E-state index in [1.807, 2.05) is 74.7 Å². The van der Waals surface area contributed by atoms with E-state index in [0.29, 0.717) is 52.7 Å². The highest BCUT2D eigenvalue weighted by Gasteiger charge is 2.49. The van der Waals surface area contributed by atoms with E-state index in [9.17, 15) is 14.7 Å². The Morgan fingerprint density at radius 3 is 2.56 bits per heavy atom. The lowest BCUT2D eigenvalue weighted by Crippen LogP contribution is -2.29. The highest BCUT2D eigenvalue weighted by Crippen LogP contribution is 2.46. The number of ether oxygens (including phenoxy) is 2. The number of aryl methyl sites for hydroxylation is 3. The molecule has 2 aromatic carbocycles. The molecule has 0 radical (unpaired) electrons. The summed E-state index contributed by atoms with van der Waals surface area (Å²) >= 11 is 1.32. The highest BCUT2D eigenvalue weighted by atomic mass is 32.1. The normalized spacial score (nSPS) is 16.4. The van der Waals surface area contributed by atoms with Crippen LogP contribution in [0.1, 0.15) is 61.3 Å². The van der Waals surface area contributed by atoms with E-state index >= 15 is 0 Å². The number of pyridine rings is 1. The van der Waals surface area contributed by atoms with Gasteiger partial charge >= 0.3 is 5.91 Å². The van der Waals surface area contributed by atoms with Crippen molar-refractivity contribution in [1.82, 2.24) is 14.4 Å². The number of fused-ring (bicyclic) bond motifs is 2. The molecule has 0 saturated carbocycles. The first-order valence-corrected chi connectivity index (χ1v) is 15.9. The zero-order chi connectivity index (χ0) is 32.0. The van der Waals surface area contributed by atoms with Crippen LogP contribution in [0.5, 0.6) is 11.5 Å². The number of aromatic nitrogens is 3. The number of nitrogens with zero attached hydrogens (tertiary/aromatic N) is 4. The number of benzene rings is 2. The minimum Gasteiger partial charge on any atom is -0.505 e. The summed E-state index contributed by atoms with van der Waals surface area (Å²) in [4.78, 5) is 38.6. The van der Waals surface area contributed by atoms with Crippen molar-refractivity contribution < 1.29 is 24.2 Å². The van der Waals surface area contributed by atoms with Gasteiger partial charge in [-0.3, -0.25) is 14.5 Å². The standard InChI is InChI=1S/C35H36N4O5S/c1-7-43-26-18-23(11-13-25(26)44-16-14-19(2)3)30-28(31(40)29-22(6)38-15-8-9-21(5)33(38)37-29)32(41)34(42)39(30)35-36-24-12-10-20(4)17-27(24)45-35/h8-13,15,17-19,30,40H,7,14,16H2,1-6H3. The van der Waals surface area contributed by atoms with Gasteiger partial charge in [0.2, 0.25) is 0 Å². The van der Waals surface area contributed by atoms with Crippen molar-refractivity contribution >= 4 is 49.8 Å². The van der Waals surface area contributed by atoms with E-state index in [1.165, 1.54) is 16.2 Å². The van der Waals surface area contributed by atoms with Crippen LogP contribution in [0.4, 0.5) is 5.13 Å². The molecule has 4 heterocycles. The molecule has 0 aliphatic carbocycles. The van der Waals surface area contributed by atoms with Crippen LogP contribution in [0.3, 0.4) is 0 Å². The predicted molar refractivity (Wildman–Crippen MR) is 176 cm³/mol. The molecule has 1 unspecified atom stereocenters. The first-order chi connectivity index (χ1) is 21.6. The third-order valence-corrected chi connectivity index (χ3v) is 9.05. The van der Waals surface area contributed by atoms with Crippen LogP contribution in [0.15, 0.2) is 60.3 Å². The largest absolute Gasteiger partial charge is 0.505 e. The number of Topliss-reactive ketones (excluding diaryl/α,β-unsaturated/α-hetero) is 1. The third kappa shape index (κ3) is 5.44. The smallest absolute Gasteiger partial charge is 0.301 e. The summed E-state index contributed by atoms with van der Waals surface area (Å²) in [5.74, 6) is -0.386. The second-order valence-electron chi connectivity index (χ2n) is 11.7. The number of hydrogen-bond donors (Lipinski definition) is 1. The van der Waals surface area contributed by atoms with Crippen molar-refractivity contribution in [2.45, 2.75) is 54.0 Å². The Bertz CT molecular complexity index is 1990. The Morgan fingerprint density at radius 1 is 1.02 bits per heavy atom. The third-order valence-electron chi connectivity index (χ3n) is 8.03. The summed E-state index contributed by atoms with van der Waals surface area (Å²) in [5.41, 5.74) is 4.75. The summed E-state index contributed by atoms with van der Waals surface area (Å²) in [5, 5.41) is 12.2. The van der Waals surface area contributed by atoms with E-state index in [0.717, 1.165) is 27.8 Å². The van der Waals surface area contributed by atoms with Crippen molar-refractivity contribution in [3.05, 3.63) is 88.4 Å². The lowest BCUT2D eigenvalue weighted by atomic mass is 9.96. The van der Waals surface area contributed by atoms with Gasteiger partial charge in [-0.2, -0.15) is 0 Å². The van der Waals surface area contributed by atoms with Gasteiger partial charge in [0, 0.05) is 6.20 Å². The summed E-state index contributed by atoms with van der Waals surface area (Å²) in [7, 11) is 0. The number of hydrogen-bond acceptors (Lipinski definition) is 8. The van der Waals surface area contributed by atoms with Gasteiger partial charge in [0.1, 0.15) is 11.3 Å². The molecular weight excluding hydrogens is 588 g/mol. The second kappa shape index (κ2) is 12.0. The van der Waals surface area contributed by atoms with E-state index < -0.39 is 17.7 Å². The zero-order valence-corrected chi connectivity index (χ0v) is 27.1. The quantitative estimate of drug-likeness (QED) is 0.104. The Morgan fingerprint density at radius 2 is 1.82 bits per heavy atom. The number of aliphatic hydroxyl groups excluding tert-OH is 1. The van der Waals surface area contributed by atoms with Gasteiger partial charge in [0.25, 0.3) is 5.78 Å². The van der Waals surface area contributed by atoms with Crippen LogP contribution in [-0.2, 0) is 9.59 Å². The number of aliphatic hydroxyl groups is 1. The van der Waals surface area contributed by atoms with Crippen LogP contribution in [0.25, 0.3) is 21.6 Å². The molecule has 1 aliphatic heterocycles. The molecule has 6 rings (SSSR count). The molecule has 45 heavy (non-hydrogen) atoms. The average molecular weight is 625 g/mol. The van der Waals surface area contributed by atoms with Gasteiger partial charge in [-0.05, 0) is 87.1 Å². The van der Waals surface area contributed by atoms with Crippen LogP contribution < -0.4 is 14.4 Å². The number of imidazole rings is 1. The van der Waals surface area contributed by atoms with E-state index in [1.54, 1.807) is 12.1 Å². The average Bonchev–Trinajstić information content (AvgIpc) is 3.65. The van der Waals surface area contributed by atoms with Crippen molar-refractivity contribution in [2.24, 2.45) is 5.92 Å². The molecule has 1 amide bonds. The van der Waals surface area contributed by atoms with E-state index in [4.69, 9.17) is 19.4 Å². The molecule has 0 spiro atoms. The minimum absolute atomic E-state index is 0.0597. The maximum atomic E-state index is 13.9. The lowest BCUT2D eigenvalue weighted by Gasteiger charge is -2.24. The SMILES string of the molecule is CCOc1cc(C2C(=C(O)c3nc4c(C)cccn4c3C)C(=O)C(=O)N2c2nc3ccc(C)cc3s2)ccc1OCCC(C)C. The number of rotatable bonds is 9. The van der Waals surface area contributed by atoms with Gasteiger partial charge in [0.15, 0.2) is 22.4 Å². The molecule has 3 aromatic heterocycles. The summed E-state index contributed by atoms with van der Waals surface area (Å²) in [6.45, 7) is 12.8. The fourth-order valence-corrected chi connectivity index (χ4v) is 6.72. The maximum Gasteiger partial charge on any atom is 0.301 e. The zero-order valence-electron chi connectivity index (χ0n) is 26.2. The Hall–Kier alpha value is -4.70. The van der Waals surface area contributed by atoms with Gasteiger partial charge in [-0.1, -0.05) is 43.4 Å². The molecule has 1 aliphatic rings. The van der Waals surface area contributed by atoms with Crippen LogP contribution in [-0.4, -0.2) is 44.4 Å². The van der Waals surface area contributed by atoms with Gasteiger partial charge in [-0.15, -0.1) is 0 Å². The summed E-state index contributed by atoms with van der Waals surface area (Å²) < 4.78 is 14.8. The maximum absolute atomic E-state index is 13.9. The number of thiazole rings is 1. The van der Waals surface area contributed by atoms with Gasteiger partial charge in [-0.25, -0.2) is 9.97 Å². The van der Waals surface area contributed by atoms with Crippen molar-refractivity contribution in [1.29, 1.82) is 0 Å². The molecule has 5 aromatic rings. The van der Waals surface area contributed by atoms with Crippen molar-refractivity contribution in [3.63, 3.8) is 0 Å². The number of amides is 1. The first kappa shape index (κ1) is 30.3. The molecule has 232 valence electrons. The molecule has 1 fully saturated rings. The highest BCUT2D eigenvalue weighted by molar-refractivity contribution is 7.22. The predicted octanol–water partition coefficient (Wildman–Crippen LogP) is 7.32. The molecule has 0 bridgehead atoms. The van der Waals surface area contributed by atoms with E-state index in [2.05, 4.69) is 13.8 Å². The van der Waals surface area contributed by atoms with Crippen molar-refractivity contribution in [3.8, 4) is 11.5 Å². The Kier molecular flexibility index (Phi) is 8.09. The van der Waals surface area contributed by atoms with Crippen LogP contribution in [0, 0.1) is 26.7 Å². The molecular formula is C35H36N4O5S. The molecule has 1 atom stereocenters. The van der Waals surface area contributed by atoms with Crippen molar-refractivity contribution in [2.75, 3.05) is 18.1 Å². The fraction of sp³-hybridized carbons (Fsp3) is 0.314. The minimum atomic E-state index is -0.985. The lowest BCUT2D eigenvalue weighted by molar-refractivity contribution is -0.132. The molecule has 1 saturated heterocycles. The topological polar surface area (TPSA) is 106 Å². The number of carbonyl (C=O) groups excluding carboxylic acids is 2. The van der Waals surface area contributed by atoms with Gasteiger partial charge < -0.3 is 19.0 Å². The summed E-state index contributed by atoms with van der Waals surface area (Å²) in [6, 6.07) is 14.1. The number of anilines is 1. The van der Waals surface area contributed by atoms with Crippen LogP contribution >= 0.6 is 11.3 Å². The first-order valence-electron chi connectivity index (χ1n) is 15.1. The molecule has 1 N–H and O–H groups in total. The Labute approximate surface area is 265 Å². The Balaban J connectivity index is 1.55. The second-order valence-corrected chi connectivity index (χ2v) is 12.7. The van der Waals surface area contributed by atoms with Crippen LogP contribution in [0.2, 0.25) is 0 Å². The fourth-order valence-electron chi connectivity index (χ4n) is 5.63. The monoisotopic (exact) mass is 624 g/mol. The molecule has 9 nitrogen and oxygen atoms in total. The van der Waals surface area contributed by atoms with E-state index in [-0.39, 0.29) is 17.0 Å². The number of ketones is 1. The molecule has 10 heteroatoms.